The second-order valence-corrected chi connectivity index (χ2v) is 5.62. The summed E-state index contributed by atoms with van der Waals surface area (Å²) in [6.07, 6.45) is 0.481. The third-order valence-corrected chi connectivity index (χ3v) is 3.71. The van der Waals surface area contributed by atoms with Crippen molar-refractivity contribution < 1.29 is 13.2 Å². The van der Waals surface area contributed by atoms with Crippen LogP contribution < -0.4 is 5.32 Å². The van der Waals surface area contributed by atoms with Gasteiger partial charge in [0.1, 0.15) is 0 Å². The van der Waals surface area contributed by atoms with E-state index >= 15 is 0 Å². The molecule has 0 aliphatic heterocycles. The molecular formula is C16H15BrF3N. The number of halogens is 4. The second-order valence-electron chi connectivity index (χ2n) is 4.71. The molecule has 0 spiro atoms. The fourth-order valence-electron chi connectivity index (χ4n) is 2.25. The first-order valence-corrected chi connectivity index (χ1v) is 7.43. The van der Waals surface area contributed by atoms with Gasteiger partial charge in [-0.05, 0) is 36.7 Å². The summed E-state index contributed by atoms with van der Waals surface area (Å²) in [5.41, 5.74) is 1.11. The maximum Gasteiger partial charge on any atom is 0.194 e. The molecule has 0 aliphatic carbocycles. The Morgan fingerprint density at radius 1 is 1.10 bits per heavy atom. The molecule has 1 unspecified atom stereocenters. The van der Waals surface area contributed by atoms with Crippen LogP contribution in [0.25, 0.3) is 0 Å². The largest absolute Gasteiger partial charge is 0.310 e. The van der Waals surface area contributed by atoms with E-state index in [4.69, 9.17) is 0 Å². The van der Waals surface area contributed by atoms with Crippen LogP contribution in [0.3, 0.4) is 0 Å². The van der Waals surface area contributed by atoms with Gasteiger partial charge in [0.05, 0.1) is 0 Å². The Kier molecular flexibility index (Phi) is 5.42. The molecule has 0 saturated heterocycles. The Bertz CT molecular complexity index is 631. The van der Waals surface area contributed by atoms with E-state index in [0.717, 1.165) is 16.1 Å². The van der Waals surface area contributed by atoms with Crippen molar-refractivity contribution in [3.8, 4) is 0 Å². The Morgan fingerprint density at radius 3 is 2.52 bits per heavy atom. The Hall–Kier alpha value is -1.33. The van der Waals surface area contributed by atoms with Crippen LogP contribution in [-0.4, -0.2) is 6.54 Å². The van der Waals surface area contributed by atoms with Crippen LogP contribution in [0.2, 0.25) is 0 Å². The number of hydrogen-bond acceptors (Lipinski definition) is 1. The van der Waals surface area contributed by atoms with Gasteiger partial charge in [-0.2, -0.15) is 0 Å². The standard InChI is InChI=1S/C16H15BrF3N/c1-2-21-14(9-10-4-3-5-11(17)8-10)12-6-7-13(18)16(20)15(12)19/h3-8,14,21H,2,9H2,1H3. The van der Waals surface area contributed by atoms with Gasteiger partial charge in [0, 0.05) is 16.1 Å². The fourth-order valence-corrected chi connectivity index (χ4v) is 2.69. The first kappa shape index (κ1) is 16.0. The molecule has 2 aromatic carbocycles. The van der Waals surface area contributed by atoms with Crippen molar-refractivity contribution in [3.05, 3.63) is 69.4 Å². The van der Waals surface area contributed by atoms with E-state index < -0.39 is 23.5 Å². The minimum atomic E-state index is -1.43. The van der Waals surface area contributed by atoms with Crippen LogP contribution in [0.15, 0.2) is 40.9 Å². The zero-order chi connectivity index (χ0) is 15.4. The normalized spacial score (nSPS) is 12.4. The lowest BCUT2D eigenvalue weighted by Gasteiger charge is -2.19. The van der Waals surface area contributed by atoms with Crippen molar-refractivity contribution in [3.63, 3.8) is 0 Å². The van der Waals surface area contributed by atoms with Gasteiger partial charge >= 0.3 is 0 Å². The van der Waals surface area contributed by atoms with Crippen molar-refractivity contribution in [1.82, 2.24) is 5.32 Å². The zero-order valence-corrected chi connectivity index (χ0v) is 13.1. The summed E-state index contributed by atoms with van der Waals surface area (Å²) < 4.78 is 41.3. The van der Waals surface area contributed by atoms with Crippen molar-refractivity contribution in [2.24, 2.45) is 0 Å². The number of likely N-dealkylation sites (N-methyl/N-ethyl adjacent to an activating group) is 1. The molecule has 2 aromatic rings. The van der Waals surface area contributed by atoms with Crippen LogP contribution in [0.1, 0.15) is 24.1 Å². The van der Waals surface area contributed by atoms with E-state index in [9.17, 15) is 13.2 Å². The maximum atomic E-state index is 14.0. The Balaban J connectivity index is 2.33. The summed E-state index contributed by atoms with van der Waals surface area (Å²) in [6, 6.07) is 9.43. The molecular weight excluding hydrogens is 343 g/mol. The number of benzene rings is 2. The van der Waals surface area contributed by atoms with Crippen molar-refractivity contribution in [2.45, 2.75) is 19.4 Å². The Labute approximate surface area is 130 Å². The minimum absolute atomic E-state index is 0.135. The lowest BCUT2D eigenvalue weighted by atomic mass is 9.98. The summed E-state index contributed by atoms with van der Waals surface area (Å²) in [7, 11) is 0. The quantitative estimate of drug-likeness (QED) is 0.760. The molecule has 0 aliphatic rings. The highest BCUT2D eigenvalue weighted by Crippen LogP contribution is 2.25. The minimum Gasteiger partial charge on any atom is -0.310 e. The van der Waals surface area contributed by atoms with Crippen LogP contribution in [0.5, 0.6) is 0 Å². The van der Waals surface area contributed by atoms with Gasteiger partial charge in [-0.3, -0.25) is 0 Å². The molecule has 0 amide bonds. The third kappa shape index (κ3) is 3.86. The van der Waals surface area contributed by atoms with E-state index in [-0.39, 0.29) is 5.56 Å². The molecule has 0 heterocycles. The van der Waals surface area contributed by atoms with E-state index in [1.807, 2.05) is 31.2 Å². The highest BCUT2D eigenvalue weighted by Gasteiger charge is 2.20. The van der Waals surface area contributed by atoms with Crippen LogP contribution in [0, 0.1) is 17.5 Å². The molecule has 1 nitrogen and oxygen atoms in total. The molecule has 0 fully saturated rings. The monoisotopic (exact) mass is 357 g/mol. The molecule has 0 bridgehead atoms. The number of rotatable bonds is 5. The maximum absolute atomic E-state index is 14.0. The molecule has 0 aromatic heterocycles. The van der Waals surface area contributed by atoms with Crippen LogP contribution in [0.4, 0.5) is 13.2 Å². The molecule has 0 saturated carbocycles. The summed E-state index contributed by atoms with van der Waals surface area (Å²) in [5, 5.41) is 3.11. The molecule has 0 radical (unpaired) electrons. The van der Waals surface area contributed by atoms with Gasteiger partial charge in [-0.1, -0.05) is 41.1 Å². The molecule has 1 atom stereocenters. The average Bonchev–Trinajstić information content (AvgIpc) is 2.45. The lowest BCUT2D eigenvalue weighted by molar-refractivity contribution is 0.425. The molecule has 5 heteroatoms. The first-order chi connectivity index (χ1) is 10.0. The SMILES string of the molecule is CCNC(Cc1cccc(Br)c1)c1ccc(F)c(F)c1F. The summed E-state index contributed by atoms with van der Waals surface area (Å²) >= 11 is 3.38. The van der Waals surface area contributed by atoms with Crippen LogP contribution in [-0.2, 0) is 6.42 Å². The number of hydrogen-bond donors (Lipinski definition) is 1. The average molecular weight is 358 g/mol. The van der Waals surface area contributed by atoms with Gasteiger partial charge in [-0.25, -0.2) is 13.2 Å². The predicted molar refractivity (Wildman–Crippen MR) is 80.6 cm³/mol. The van der Waals surface area contributed by atoms with Gasteiger partial charge in [0.15, 0.2) is 17.5 Å². The van der Waals surface area contributed by atoms with Crippen molar-refractivity contribution in [2.75, 3.05) is 6.54 Å². The van der Waals surface area contributed by atoms with E-state index in [1.54, 1.807) is 0 Å². The molecule has 1 N–H and O–H groups in total. The smallest absolute Gasteiger partial charge is 0.194 e. The van der Waals surface area contributed by atoms with E-state index in [2.05, 4.69) is 21.2 Å². The zero-order valence-electron chi connectivity index (χ0n) is 11.5. The van der Waals surface area contributed by atoms with Gasteiger partial charge in [-0.15, -0.1) is 0 Å². The fraction of sp³-hybridized carbons (Fsp3) is 0.250. The van der Waals surface area contributed by atoms with Crippen molar-refractivity contribution >= 4 is 15.9 Å². The van der Waals surface area contributed by atoms with Gasteiger partial charge < -0.3 is 5.32 Å². The first-order valence-electron chi connectivity index (χ1n) is 6.64. The molecule has 2 rings (SSSR count). The summed E-state index contributed by atoms with van der Waals surface area (Å²) in [6.45, 7) is 2.48. The lowest BCUT2D eigenvalue weighted by Crippen LogP contribution is -2.24. The van der Waals surface area contributed by atoms with E-state index in [1.165, 1.54) is 6.07 Å². The predicted octanol–water partition coefficient (Wildman–Crippen LogP) is 4.76. The van der Waals surface area contributed by atoms with Crippen LogP contribution >= 0.6 is 15.9 Å². The highest BCUT2D eigenvalue weighted by molar-refractivity contribution is 9.10. The van der Waals surface area contributed by atoms with Gasteiger partial charge in [0.25, 0.3) is 0 Å². The van der Waals surface area contributed by atoms with E-state index in [0.29, 0.717) is 13.0 Å². The van der Waals surface area contributed by atoms with Crippen molar-refractivity contribution in [1.29, 1.82) is 0 Å². The third-order valence-electron chi connectivity index (χ3n) is 3.22. The highest BCUT2D eigenvalue weighted by atomic mass is 79.9. The topological polar surface area (TPSA) is 12.0 Å². The molecule has 112 valence electrons. The summed E-state index contributed by atoms with van der Waals surface area (Å²) in [4.78, 5) is 0. The molecule has 21 heavy (non-hydrogen) atoms. The number of nitrogens with one attached hydrogen (secondary N) is 1. The second kappa shape index (κ2) is 7.09. The van der Waals surface area contributed by atoms with Gasteiger partial charge in [0.2, 0.25) is 0 Å². The Morgan fingerprint density at radius 2 is 1.86 bits per heavy atom. The summed E-state index contributed by atoms with van der Waals surface area (Å²) in [5.74, 6) is -3.73.